The molecule has 2 rings (SSSR count). The first-order valence-electron chi connectivity index (χ1n) is 5.97. The van der Waals surface area contributed by atoms with Crippen molar-refractivity contribution in [3.05, 3.63) is 29.6 Å². The summed E-state index contributed by atoms with van der Waals surface area (Å²) in [7, 11) is 0. The van der Waals surface area contributed by atoms with Gasteiger partial charge in [-0.05, 0) is 37.0 Å². The number of halogens is 1. The molecule has 0 aliphatic heterocycles. The summed E-state index contributed by atoms with van der Waals surface area (Å²) >= 11 is 4.81. The number of benzene rings is 1. The first-order chi connectivity index (χ1) is 8.11. The smallest absolute Gasteiger partial charge is 0.146 e. The number of anilines is 1. The van der Waals surface area contributed by atoms with Gasteiger partial charge in [0.05, 0.1) is 5.69 Å². The molecule has 0 saturated heterocycles. The fraction of sp³-hybridized carbons (Fsp3) is 0.462. The van der Waals surface area contributed by atoms with Gasteiger partial charge in [-0.15, -0.1) is 0 Å². The van der Waals surface area contributed by atoms with Crippen LogP contribution in [0.3, 0.4) is 0 Å². The molecule has 0 bridgehead atoms. The number of nitrogens with two attached hydrogens (primary N) is 1. The molecule has 2 atom stereocenters. The summed E-state index contributed by atoms with van der Waals surface area (Å²) in [5.41, 5.74) is 6.58. The summed E-state index contributed by atoms with van der Waals surface area (Å²) in [6, 6.07) is 5.29. The Kier molecular flexibility index (Phi) is 3.62. The van der Waals surface area contributed by atoms with Gasteiger partial charge in [0, 0.05) is 11.6 Å². The average Bonchev–Trinajstić information content (AvgIpc) is 3.00. The molecule has 1 aromatic carbocycles. The van der Waals surface area contributed by atoms with Crippen LogP contribution in [0.25, 0.3) is 0 Å². The van der Waals surface area contributed by atoms with Crippen LogP contribution in [-0.4, -0.2) is 11.0 Å². The van der Waals surface area contributed by atoms with Crippen molar-refractivity contribution >= 4 is 22.9 Å². The molecular weight excluding hydrogens is 235 g/mol. The molecular formula is C13H17FN2S. The molecule has 0 radical (unpaired) electrons. The molecule has 3 N–H and O–H groups in total. The zero-order chi connectivity index (χ0) is 12.4. The Morgan fingerprint density at radius 3 is 2.94 bits per heavy atom. The van der Waals surface area contributed by atoms with Crippen LogP contribution in [0.4, 0.5) is 10.1 Å². The van der Waals surface area contributed by atoms with Crippen molar-refractivity contribution in [2.45, 2.75) is 32.2 Å². The maximum atomic E-state index is 13.7. The summed E-state index contributed by atoms with van der Waals surface area (Å²) < 4.78 is 13.7. The molecule has 1 saturated carbocycles. The molecule has 0 heterocycles. The third kappa shape index (κ3) is 2.94. The Morgan fingerprint density at radius 1 is 1.59 bits per heavy atom. The molecule has 0 amide bonds. The van der Waals surface area contributed by atoms with Gasteiger partial charge < -0.3 is 11.1 Å². The Labute approximate surface area is 106 Å². The Bertz CT molecular complexity index is 433. The number of hydrogen-bond acceptors (Lipinski definition) is 2. The normalized spacial score (nSPS) is 22.2. The molecule has 2 unspecified atom stereocenters. The summed E-state index contributed by atoms with van der Waals surface area (Å²) in [5.74, 6) is 0.423. The van der Waals surface area contributed by atoms with Crippen molar-refractivity contribution in [1.82, 2.24) is 0 Å². The quantitative estimate of drug-likeness (QED) is 0.791. The van der Waals surface area contributed by atoms with Gasteiger partial charge in [-0.25, -0.2) is 4.39 Å². The van der Waals surface area contributed by atoms with Gasteiger partial charge in [0.1, 0.15) is 10.8 Å². The lowest BCUT2D eigenvalue weighted by atomic mass is 10.2. The van der Waals surface area contributed by atoms with Crippen LogP contribution >= 0.6 is 12.2 Å². The van der Waals surface area contributed by atoms with Crippen molar-refractivity contribution in [3.8, 4) is 0 Å². The maximum absolute atomic E-state index is 13.7. The summed E-state index contributed by atoms with van der Waals surface area (Å²) in [4.78, 5) is 0.228. The zero-order valence-corrected chi connectivity index (χ0v) is 10.7. The monoisotopic (exact) mass is 252 g/mol. The summed E-state index contributed by atoms with van der Waals surface area (Å²) in [6.45, 7) is 2.17. The van der Waals surface area contributed by atoms with Gasteiger partial charge >= 0.3 is 0 Å². The van der Waals surface area contributed by atoms with Crippen molar-refractivity contribution in [3.63, 3.8) is 0 Å². The van der Waals surface area contributed by atoms with Crippen LogP contribution in [0.15, 0.2) is 18.2 Å². The van der Waals surface area contributed by atoms with Crippen LogP contribution < -0.4 is 11.1 Å². The van der Waals surface area contributed by atoms with Gasteiger partial charge in [0.25, 0.3) is 0 Å². The van der Waals surface area contributed by atoms with E-state index in [1.165, 1.54) is 18.9 Å². The molecule has 17 heavy (non-hydrogen) atoms. The number of rotatable bonds is 5. The second-order valence-electron chi connectivity index (χ2n) is 4.59. The number of hydrogen-bond donors (Lipinski definition) is 2. The molecule has 1 fully saturated rings. The largest absolute Gasteiger partial charge is 0.389 e. The summed E-state index contributed by atoms with van der Waals surface area (Å²) in [5, 5.41) is 3.23. The van der Waals surface area contributed by atoms with Crippen molar-refractivity contribution in [2.75, 3.05) is 5.32 Å². The lowest BCUT2D eigenvalue weighted by Crippen LogP contribution is -2.11. The Morgan fingerprint density at radius 2 is 2.35 bits per heavy atom. The molecule has 92 valence electrons. The molecule has 2 nitrogen and oxygen atoms in total. The Hall–Kier alpha value is -1.16. The Balaban J connectivity index is 2.00. The SMILES string of the molecule is CCCC1CC1Nc1ccc(C(N)=S)cc1F. The topological polar surface area (TPSA) is 38.0 Å². The van der Waals surface area contributed by atoms with Crippen molar-refractivity contribution in [1.29, 1.82) is 0 Å². The highest BCUT2D eigenvalue weighted by Crippen LogP contribution is 2.37. The predicted molar refractivity (Wildman–Crippen MR) is 72.7 cm³/mol. The number of nitrogens with one attached hydrogen (secondary N) is 1. The van der Waals surface area contributed by atoms with E-state index in [4.69, 9.17) is 18.0 Å². The van der Waals surface area contributed by atoms with E-state index in [0.717, 1.165) is 6.42 Å². The summed E-state index contributed by atoms with van der Waals surface area (Å²) in [6.07, 6.45) is 3.54. The van der Waals surface area contributed by atoms with E-state index in [-0.39, 0.29) is 10.8 Å². The minimum Gasteiger partial charge on any atom is -0.389 e. The van der Waals surface area contributed by atoms with E-state index < -0.39 is 0 Å². The van der Waals surface area contributed by atoms with E-state index in [1.54, 1.807) is 12.1 Å². The lowest BCUT2D eigenvalue weighted by Gasteiger charge is -2.08. The van der Waals surface area contributed by atoms with Gasteiger partial charge in [-0.1, -0.05) is 25.6 Å². The van der Waals surface area contributed by atoms with Gasteiger partial charge in [-0.2, -0.15) is 0 Å². The maximum Gasteiger partial charge on any atom is 0.146 e. The fourth-order valence-corrected chi connectivity index (χ4v) is 2.23. The third-order valence-corrected chi connectivity index (χ3v) is 3.41. The highest BCUT2D eigenvalue weighted by molar-refractivity contribution is 7.80. The fourth-order valence-electron chi connectivity index (χ4n) is 2.10. The minimum atomic E-state index is -0.280. The predicted octanol–water partition coefficient (Wildman–Crippen LogP) is 3.06. The molecule has 1 aliphatic carbocycles. The van der Waals surface area contributed by atoms with E-state index >= 15 is 0 Å². The first-order valence-corrected chi connectivity index (χ1v) is 6.38. The molecule has 1 aromatic rings. The third-order valence-electron chi connectivity index (χ3n) is 3.18. The van der Waals surface area contributed by atoms with Crippen LogP contribution in [-0.2, 0) is 0 Å². The minimum absolute atomic E-state index is 0.228. The van der Waals surface area contributed by atoms with Crippen LogP contribution in [0.1, 0.15) is 31.7 Å². The van der Waals surface area contributed by atoms with Gasteiger partial charge in [0.2, 0.25) is 0 Å². The van der Waals surface area contributed by atoms with Crippen LogP contribution in [0, 0.1) is 11.7 Å². The average molecular weight is 252 g/mol. The highest BCUT2D eigenvalue weighted by atomic mass is 32.1. The van der Waals surface area contributed by atoms with Gasteiger partial charge in [-0.3, -0.25) is 0 Å². The standard InChI is InChI=1S/C13H17FN2S/c1-2-3-8-7-12(8)16-11-5-4-9(13(15)17)6-10(11)14/h4-6,8,12,16H,2-3,7H2,1H3,(H2,15,17). The van der Waals surface area contributed by atoms with E-state index in [0.29, 0.717) is 23.2 Å². The first kappa shape index (κ1) is 12.3. The van der Waals surface area contributed by atoms with Gasteiger partial charge in [0.15, 0.2) is 0 Å². The lowest BCUT2D eigenvalue weighted by molar-refractivity contribution is 0.627. The molecule has 0 aromatic heterocycles. The molecule has 4 heteroatoms. The van der Waals surface area contributed by atoms with E-state index in [9.17, 15) is 4.39 Å². The van der Waals surface area contributed by atoms with E-state index in [2.05, 4.69) is 12.2 Å². The van der Waals surface area contributed by atoms with Crippen LogP contribution in [0.2, 0.25) is 0 Å². The molecule has 1 aliphatic rings. The zero-order valence-electron chi connectivity index (χ0n) is 9.87. The highest BCUT2D eigenvalue weighted by Gasteiger charge is 2.36. The van der Waals surface area contributed by atoms with Crippen molar-refractivity contribution < 1.29 is 4.39 Å². The van der Waals surface area contributed by atoms with Crippen molar-refractivity contribution in [2.24, 2.45) is 11.7 Å². The van der Waals surface area contributed by atoms with Crippen LogP contribution in [0.5, 0.6) is 0 Å². The van der Waals surface area contributed by atoms with E-state index in [1.807, 2.05) is 0 Å². The second-order valence-corrected chi connectivity index (χ2v) is 5.03. The number of thiocarbonyl (C=S) groups is 1. The molecule has 0 spiro atoms. The second kappa shape index (κ2) is 5.00.